The lowest BCUT2D eigenvalue weighted by molar-refractivity contribution is 0.276. The summed E-state index contributed by atoms with van der Waals surface area (Å²) in [4.78, 5) is 3.91. The van der Waals surface area contributed by atoms with Crippen molar-refractivity contribution in [3.8, 4) is 16.9 Å². The fourth-order valence-corrected chi connectivity index (χ4v) is 1.51. The minimum absolute atomic E-state index is 0.0267. The fourth-order valence-electron chi connectivity index (χ4n) is 1.51. The van der Waals surface area contributed by atoms with E-state index in [-0.39, 0.29) is 12.4 Å². The van der Waals surface area contributed by atoms with Crippen LogP contribution in [0.2, 0.25) is 0 Å². The van der Waals surface area contributed by atoms with E-state index >= 15 is 0 Å². The molecule has 3 nitrogen and oxygen atoms in total. The Balaban J connectivity index is 2.58. The van der Waals surface area contributed by atoms with Gasteiger partial charge in [0.15, 0.2) is 0 Å². The Kier molecular flexibility index (Phi) is 2.65. The van der Waals surface area contributed by atoms with Crippen molar-refractivity contribution >= 4 is 0 Å². The summed E-state index contributed by atoms with van der Waals surface area (Å²) in [7, 11) is 0. The molecule has 0 atom stereocenters. The van der Waals surface area contributed by atoms with Crippen LogP contribution in [-0.2, 0) is 6.61 Å². The molecule has 0 aliphatic rings. The Bertz CT molecular complexity index is 454. The summed E-state index contributed by atoms with van der Waals surface area (Å²) in [5, 5.41) is 18.7. The molecule has 1 aromatic heterocycles. The lowest BCUT2D eigenvalue weighted by Crippen LogP contribution is -1.91. The number of aliphatic hydroxyl groups excluding tert-OH is 1. The largest absolute Gasteiger partial charge is 0.506 e. The third kappa shape index (κ3) is 1.82. The molecule has 1 aromatic carbocycles. The zero-order chi connectivity index (χ0) is 10.7. The van der Waals surface area contributed by atoms with Crippen LogP contribution in [0, 0.1) is 0 Å². The molecule has 0 fully saturated rings. The van der Waals surface area contributed by atoms with Gasteiger partial charge in [0.25, 0.3) is 0 Å². The van der Waals surface area contributed by atoms with Crippen molar-refractivity contribution in [3.63, 3.8) is 0 Å². The van der Waals surface area contributed by atoms with Crippen molar-refractivity contribution in [2.45, 2.75) is 6.61 Å². The number of aliphatic hydroxyl groups is 1. The number of rotatable bonds is 2. The molecular weight excluding hydrogens is 190 g/mol. The molecule has 76 valence electrons. The molecule has 0 spiro atoms. The molecular formula is C12H11NO2. The first kappa shape index (κ1) is 9.68. The summed E-state index contributed by atoms with van der Waals surface area (Å²) < 4.78 is 0. The van der Waals surface area contributed by atoms with Gasteiger partial charge in [0.1, 0.15) is 5.75 Å². The van der Waals surface area contributed by atoms with Crippen molar-refractivity contribution in [2.24, 2.45) is 0 Å². The first-order valence-corrected chi connectivity index (χ1v) is 4.65. The van der Waals surface area contributed by atoms with Gasteiger partial charge in [-0.05, 0) is 5.56 Å². The summed E-state index contributed by atoms with van der Waals surface area (Å²) in [5.41, 5.74) is 2.21. The van der Waals surface area contributed by atoms with Crippen LogP contribution in [0.15, 0.2) is 42.7 Å². The van der Waals surface area contributed by atoms with Gasteiger partial charge in [0, 0.05) is 17.3 Å². The molecule has 15 heavy (non-hydrogen) atoms. The van der Waals surface area contributed by atoms with E-state index in [9.17, 15) is 10.2 Å². The van der Waals surface area contributed by atoms with Crippen molar-refractivity contribution in [1.82, 2.24) is 4.98 Å². The van der Waals surface area contributed by atoms with Crippen molar-refractivity contribution in [3.05, 3.63) is 48.3 Å². The first-order valence-electron chi connectivity index (χ1n) is 4.65. The predicted octanol–water partition coefficient (Wildman–Crippen LogP) is 1.95. The number of pyridine rings is 1. The van der Waals surface area contributed by atoms with Gasteiger partial charge in [-0.3, -0.25) is 4.98 Å². The number of hydrogen-bond acceptors (Lipinski definition) is 3. The van der Waals surface area contributed by atoms with Gasteiger partial charge in [0.05, 0.1) is 12.8 Å². The number of aromatic nitrogens is 1. The lowest BCUT2D eigenvalue weighted by atomic mass is 10.0. The van der Waals surface area contributed by atoms with E-state index in [1.54, 1.807) is 6.20 Å². The Hall–Kier alpha value is -1.87. The van der Waals surface area contributed by atoms with Crippen LogP contribution in [0.5, 0.6) is 5.75 Å². The molecule has 0 unspecified atom stereocenters. The predicted molar refractivity (Wildman–Crippen MR) is 57.3 cm³/mol. The molecule has 3 heteroatoms. The molecule has 2 aromatic rings. The van der Waals surface area contributed by atoms with E-state index in [1.807, 2.05) is 30.3 Å². The van der Waals surface area contributed by atoms with Gasteiger partial charge in [-0.1, -0.05) is 30.3 Å². The number of benzene rings is 1. The van der Waals surface area contributed by atoms with Crippen LogP contribution in [-0.4, -0.2) is 15.2 Å². The molecule has 0 radical (unpaired) electrons. The van der Waals surface area contributed by atoms with Crippen LogP contribution >= 0.6 is 0 Å². The van der Waals surface area contributed by atoms with Crippen molar-refractivity contribution in [1.29, 1.82) is 0 Å². The van der Waals surface area contributed by atoms with Crippen LogP contribution in [0.25, 0.3) is 11.1 Å². The van der Waals surface area contributed by atoms with E-state index < -0.39 is 0 Å². The molecule has 0 saturated carbocycles. The first-order chi connectivity index (χ1) is 7.33. The minimum atomic E-state index is -0.196. The van der Waals surface area contributed by atoms with Crippen LogP contribution in [0.3, 0.4) is 0 Å². The summed E-state index contributed by atoms with van der Waals surface area (Å²) >= 11 is 0. The lowest BCUT2D eigenvalue weighted by Gasteiger charge is -2.08. The highest BCUT2D eigenvalue weighted by Gasteiger charge is 2.08. The minimum Gasteiger partial charge on any atom is -0.506 e. The number of aromatic hydroxyl groups is 1. The molecule has 0 aliphatic carbocycles. The van der Waals surface area contributed by atoms with Crippen LogP contribution in [0.4, 0.5) is 0 Å². The van der Waals surface area contributed by atoms with Gasteiger partial charge in [-0.15, -0.1) is 0 Å². The molecule has 1 heterocycles. The molecule has 0 saturated heterocycles. The molecule has 2 rings (SSSR count). The highest BCUT2D eigenvalue weighted by molar-refractivity contribution is 5.68. The van der Waals surface area contributed by atoms with Crippen LogP contribution < -0.4 is 0 Å². The Labute approximate surface area is 87.7 Å². The maximum Gasteiger partial charge on any atom is 0.139 e. The summed E-state index contributed by atoms with van der Waals surface area (Å²) in [6.07, 6.45) is 2.97. The zero-order valence-corrected chi connectivity index (χ0v) is 8.09. The second-order valence-electron chi connectivity index (χ2n) is 3.21. The Morgan fingerprint density at radius 1 is 1.07 bits per heavy atom. The Morgan fingerprint density at radius 2 is 1.80 bits per heavy atom. The quantitative estimate of drug-likeness (QED) is 0.780. The fraction of sp³-hybridized carbons (Fsp3) is 0.0833. The van der Waals surface area contributed by atoms with Gasteiger partial charge >= 0.3 is 0 Å². The van der Waals surface area contributed by atoms with Crippen molar-refractivity contribution < 1.29 is 10.2 Å². The SMILES string of the molecule is OCc1c(O)cncc1-c1ccccc1. The van der Waals surface area contributed by atoms with E-state index in [1.165, 1.54) is 6.20 Å². The third-order valence-corrected chi connectivity index (χ3v) is 2.28. The van der Waals surface area contributed by atoms with E-state index in [4.69, 9.17) is 0 Å². The Morgan fingerprint density at radius 3 is 2.47 bits per heavy atom. The van der Waals surface area contributed by atoms with Gasteiger partial charge in [-0.25, -0.2) is 0 Å². The second kappa shape index (κ2) is 4.11. The molecule has 0 amide bonds. The highest BCUT2D eigenvalue weighted by atomic mass is 16.3. The average Bonchev–Trinajstić information content (AvgIpc) is 2.30. The maximum atomic E-state index is 9.53. The normalized spacial score (nSPS) is 10.2. The summed E-state index contributed by atoms with van der Waals surface area (Å²) in [5.74, 6) is 0.0267. The summed E-state index contributed by atoms with van der Waals surface area (Å²) in [6.45, 7) is -0.196. The van der Waals surface area contributed by atoms with Crippen molar-refractivity contribution in [2.75, 3.05) is 0 Å². The second-order valence-corrected chi connectivity index (χ2v) is 3.21. The van der Waals surface area contributed by atoms with Gasteiger partial charge in [0.2, 0.25) is 0 Å². The molecule has 0 aliphatic heterocycles. The third-order valence-electron chi connectivity index (χ3n) is 2.28. The monoisotopic (exact) mass is 201 g/mol. The van der Waals surface area contributed by atoms with E-state index in [0.29, 0.717) is 5.56 Å². The summed E-state index contributed by atoms with van der Waals surface area (Å²) in [6, 6.07) is 9.55. The smallest absolute Gasteiger partial charge is 0.139 e. The number of nitrogens with zero attached hydrogens (tertiary/aromatic N) is 1. The maximum absolute atomic E-state index is 9.53. The van der Waals surface area contributed by atoms with Gasteiger partial charge in [-0.2, -0.15) is 0 Å². The standard InChI is InChI=1S/C12H11NO2/c14-8-11-10(6-13-7-12(11)15)9-4-2-1-3-5-9/h1-7,14-15H,8H2. The zero-order valence-electron chi connectivity index (χ0n) is 8.09. The highest BCUT2D eigenvalue weighted by Crippen LogP contribution is 2.28. The topological polar surface area (TPSA) is 53.4 Å². The van der Waals surface area contributed by atoms with E-state index in [2.05, 4.69) is 4.98 Å². The average molecular weight is 201 g/mol. The van der Waals surface area contributed by atoms with Gasteiger partial charge < -0.3 is 10.2 Å². The molecule has 2 N–H and O–H groups in total. The van der Waals surface area contributed by atoms with Crippen LogP contribution in [0.1, 0.15) is 5.56 Å². The molecule has 0 bridgehead atoms. The number of hydrogen-bond donors (Lipinski definition) is 2. The van der Waals surface area contributed by atoms with E-state index in [0.717, 1.165) is 11.1 Å².